The molecule has 1 heterocycles. The van der Waals surface area contributed by atoms with Crippen molar-refractivity contribution >= 4 is 10.1 Å². The van der Waals surface area contributed by atoms with Crippen LogP contribution in [0.4, 0.5) is 0 Å². The molecular weight excluding hydrogens is 176 g/mol. The first-order valence-electron chi connectivity index (χ1n) is 3.42. The van der Waals surface area contributed by atoms with Crippen LogP contribution in [0.15, 0.2) is 0 Å². The van der Waals surface area contributed by atoms with Crippen molar-refractivity contribution in [3.8, 4) is 24.7 Å². The molecule has 0 spiro atoms. The Kier molecular flexibility index (Phi) is 2.42. The van der Waals surface area contributed by atoms with E-state index < -0.39 is 16.2 Å². The number of hydrogen-bond acceptors (Lipinski definition) is 3. The molecule has 0 aromatic rings. The monoisotopic (exact) mass is 184 g/mol. The molecule has 1 aliphatic heterocycles. The van der Waals surface area contributed by atoms with Gasteiger partial charge in [0.15, 0.2) is 6.10 Å². The van der Waals surface area contributed by atoms with E-state index in [9.17, 15) is 8.42 Å². The van der Waals surface area contributed by atoms with Crippen molar-refractivity contribution in [3.63, 3.8) is 0 Å². The van der Waals surface area contributed by atoms with Gasteiger partial charge in [-0.1, -0.05) is 11.8 Å². The Morgan fingerprint density at radius 2 is 2.00 bits per heavy atom. The maximum atomic E-state index is 10.9. The van der Waals surface area contributed by atoms with Crippen LogP contribution in [0.5, 0.6) is 0 Å². The standard InChI is InChI=1S/C8H8O3S/c1-3-7-5-6-12(9,10)11-8(7)4-2/h1-2,7-8H,5-6H2. The molecule has 0 N–H and O–H groups in total. The molecule has 1 fully saturated rings. The van der Waals surface area contributed by atoms with Gasteiger partial charge in [-0.05, 0) is 6.42 Å². The summed E-state index contributed by atoms with van der Waals surface area (Å²) in [6, 6.07) is 0. The molecule has 0 aliphatic carbocycles. The minimum atomic E-state index is -3.43. The van der Waals surface area contributed by atoms with E-state index in [0.717, 1.165) is 0 Å². The molecule has 4 heteroatoms. The second-order valence-electron chi connectivity index (χ2n) is 2.51. The van der Waals surface area contributed by atoms with Crippen LogP contribution in [0.25, 0.3) is 0 Å². The Labute approximate surface area is 72.2 Å². The van der Waals surface area contributed by atoms with Crippen molar-refractivity contribution in [2.24, 2.45) is 5.92 Å². The molecule has 3 nitrogen and oxygen atoms in total. The van der Waals surface area contributed by atoms with Gasteiger partial charge >= 0.3 is 0 Å². The Bertz CT molecular complexity index is 341. The van der Waals surface area contributed by atoms with Crippen molar-refractivity contribution in [3.05, 3.63) is 0 Å². The van der Waals surface area contributed by atoms with Gasteiger partial charge in [-0.3, -0.25) is 4.18 Å². The fourth-order valence-corrected chi connectivity index (χ4v) is 2.15. The molecular formula is C8H8O3S. The summed E-state index contributed by atoms with van der Waals surface area (Å²) in [5, 5.41) is 0. The van der Waals surface area contributed by atoms with Crippen molar-refractivity contribution in [1.82, 2.24) is 0 Å². The average molecular weight is 184 g/mol. The predicted octanol–water partition coefficient (Wildman–Crippen LogP) is -0.0123. The molecule has 2 atom stereocenters. The highest BCUT2D eigenvalue weighted by Crippen LogP contribution is 2.21. The summed E-state index contributed by atoms with van der Waals surface area (Å²) >= 11 is 0. The van der Waals surface area contributed by atoms with Gasteiger partial charge in [-0.15, -0.1) is 12.8 Å². The van der Waals surface area contributed by atoms with E-state index in [-0.39, 0.29) is 11.7 Å². The molecule has 0 aromatic carbocycles. The van der Waals surface area contributed by atoms with Crippen LogP contribution in [-0.4, -0.2) is 20.3 Å². The van der Waals surface area contributed by atoms with Gasteiger partial charge in [0.25, 0.3) is 10.1 Å². The van der Waals surface area contributed by atoms with Crippen LogP contribution >= 0.6 is 0 Å². The zero-order chi connectivity index (χ0) is 9.19. The molecule has 64 valence electrons. The third kappa shape index (κ3) is 1.79. The Balaban J connectivity index is 2.83. The molecule has 1 aliphatic rings. The van der Waals surface area contributed by atoms with Gasteiger partial charge in [0.1, 0.15) is 0 Å². The van der Waals surface area contributed by atoms with Crippen molar-refractivity contribution in [2.45, 2.75) is 12.5 Å². The van der Waals surface area contributed by atoms with Crippen molar-refractivity contribution in [2.75, 3.05) is 5.75 Å². The van der Waals surface area contributed by atoms with E-state index in [1.165, 1.54) is 0 Å². The maximum Gasteiger partial charge on any atom is 0.268 e. The number of terminal acetylenes is 2. The zero-order valence-electron chi connectivity index (χ0n) is 6.36. The van der Waals surface area contributed by atoms with E-state index in [1.807, 2.05) is 0 Å². The summed E-state index contributed by atoms with van der Waals surface area (Å²) < 4.78 is 26.4. The van der Waals surface area contributed by atoms with E-state index in [4.69, 9.17) is 12.8 Å². The van der Waals surface area contributed by atoms with Crippen LogP contribution < -0.4 is 0 Å². The highest BCUT2D eigenvalue weighted by atomic mass is 32.2. The second-order valence-corrected chi connectivity index (χ2v) is 4.22. The molecule has 0 saturated carbocycles. The van der Waals surface area contributed by atoms with Crippen LogP contribution in [0.1, 0.15) is 6.42 Å². The number of rotatable bonds is 0. The van der Waals surface area contributed by atoms with Gasteiger partial charge < -0.3 is 0 Å². The van der Waals surface area contributed by atoms with E-state index in [2.05, 4.69) is 16.0 Å². The predicted molar refractivity (Wildman–Crippen MR) is 44.4 cm³/mol. The second kappa shape index (κ2) is 3.18. The summed E-state index contributed by atoms with van der Waals surface area (Å²) in [5.74, 6) is 4.31. The van der Waals surface area contributed by atoms with E-state index in [1.54, 1.807) is 0 Å². The molecule has 2 unspecified atom stereocenters. The first-order chi connectivity index (χ1) is 5.59. The highest BCUT2D eigenvalue weighted by Gasteiger charge is 2.31. The summed E-state index contributed by atoms with van der Waals surface area (Å²) in [6.45, 7) is 0. The largest absolute Gasteiger partial charge is 0.268 e. The molecule has 0 amide bonds. The molecule has 1 rings (SSSR count). The zero-order valence-corrected chi connectivity index (χ0v) is 7.17. The molecule has 1 saturated heterocycles. The van der Waals surface area contributed by atoms with Crippen LogP contribution in [-0.2, 0) is 14.3 Å². The summed E-state index contributed by atoms with van der Waals surface area (Å²) in [4.78, 5) is 0. The summed E-state index contributed by atoms with van der Waals surface area (Å²) in [7, 11) is -3.43. The van der Waals surface area contributed by atoms with E-state index >= 15 is 0 Å². The average Bonchev–Trinajstić information content (AvgIpc) is 2.03. The van der Waals surface area contributed by atoms with Crippen LogP contribution in [0.2, 0.25) is 0 Å². The van der Waals surface area contributed by atoms with Crippen LogP contribution in [0, 0.1) is 30.6 Å². The Morgan fingerprint density at radius 3 is 2.50 bits per heavy atom. The fraction of sp³-hybridized carbons (Fsp3) is 0.500. The lowest BCUT2D eigenvalue weighted by Crippen LogP contribution is -2.33. The van der Waals surface area contributed by atoms with Gasteiger partial charge in [0.2, 0.25) is 0 Å². The minimum absolute atomic E-state index is 0.0416. The van der Waals surface area contributed by atoms with Gasteiger partial charge in [-0.2, -0.15) is 8.42 Å². The van der Waals surface area contributed by atoms with Gasteiger partial charge in [-0.25, -0.2) is 0 Å². The van der Waals surface area contributed by atoms with Gasteiger partial charge in [0, 0.05) is 0 Å². The lowest BCUT2D eigenvalue weighted by Gasteiger charge is -2.23. The van der Waals surface area contributed by atoms with Gasteiger partial charge in [0.05, 0.1) is 11.7 Å². The summed E-state index contributed by atoms with van der Waals surface area (Å²) in [5.41, 5.74) is 0. The topological polar surface area (TPSA) is 43.4 Å². The Hall–Kier alpha value is -0.970. The molecule has 12 heavy (non-hydrogen) atoms. The highest BCUT2D eigenvalue weighted by molar-refractivity contribution is 7.86. The first-order valence-corrected chi connectivity index (χ1v) is 5.00. The fourth-order valence-electron chi connectivity index (χ4n) is 1.01. The smallest absolute Gasteiger partial charge is 0.252 e. The van der Waals surface area contributed by atoms with Crippen LogP contribution in [0.3, 0.4) is 0 Å². The third-order valence-electron chi connectivity index (χ3n) is 1.67. The van der Waals surface area contributed by atoms with Crippen molar-refractivity contribution < 1.29 is 12.6 Å². The number of hydrogen-bond donors (Lipinski definition) is 0. The SMILES string of the molecule is C#CC1CCS(=O)(=O)OC1C#C. The summed E-state index contributed by atoms with van der Waals surface area (Å²) in [6.07, 6.45) is 9.79. The molecule has 0 bridgehead atoms. The molecule has 0 radical (unpaired) electrons. The quantitative estimate of drug-likeness (QED) is 0.393. The molecule has 0 aromatic heterocycles. The Morgan fingerprint density at radius 1 is 1.33 bits per heavy atom. The minimum Gasteiger partial charge on any atom is -0.252 e. The third-order valence-corrected chi connectivity index (χ3v) is 2.91. The van der Waals surface area contributed by atoms with Crippen molar-refractivity contribution in [1.29, 1.82) is 0 Å². The lowest BCUT2D eigenvalue weighted by molar-refractivity contribution is 0.201. The van der Waals surface area contributed by atoms with E-state index in [0.29, 0.717) is 6.42 Å². The maximum absolute atomic E-state index is 10.9. The normalized spacial score (nSPS) is 33.2. The lowest BCUT2D eigenvalue weighted by atomic mass is 10.0. The first kappa shape index (κ1) is 9.12.